The van der Waals surface area contributed by atoms with Gasteiger partial charge in [-0.25, -0.2) is 0 Å². The average Bonchev–Trinajstić information content (AvgIpc) is 3.12. The highest BCUT2D eigenvalue weighted by atomic mass is 32.2. The van der Waals surface area contributed by atoms with Crippen molar-refractivity contribution < 1.29 is 9.21 Å². The molecule has 22 heavy (non-hydrogen) atoms. The van der Waals surface area contributed by atoms with Crippen molar-refractivity contribution in [2.75, 3.05) is 14.1 Å². The van der Waals surface area contributed by atoms with Gasteiger partial charge in [0.1, 0.15) is 0 Å². The summed E-state index contributed by atoms with van der Waals surface area (Å²) in [5, 5.41) is 9.25. The van der Waals surface area contributed by atoms with Gasteiger partial charge in [0.25, 0.3) is 11.1 Å². The number of H-pyrrole nitrogens is 1. The molecule has 0 radical (unpaired) electrons. The third-order valence-electron chi connectivity index (χ3n) is 3.29. The van der Waals surface area contributed by atoms with Crippen LogP contribution in [0.3, 0.4) is 0 Å². The zero-order chi connectivity index (χ0) is 15.7. The first-order valence-electron chi connectivity index (χ1n) is 6.84. The van der Waals surface area contributed by atoms with Crippen LogP contribution in [-0.2, 0) is 4.79 Å². The predicted molar refractivity (Wildman–Crippen MR) is 85.6 cm³/mol. The summed E-state index contributed by atoms with van der Waals surface area (Å²) in [4.78, 5) is 16.6. The summed E-state index contributed by atoms with van der Waals surface area (Å²) in [6.07, 6.45) is 1.85. The first-order valence-corrected chi connectivity index (χ1v) is 7.72. The van der Waals surface area contributed by atoms with Crippen LogP contribution in [0.15, 0.2) is 40.1 Å². The first-order chi connectivity index (χ1) is 10.6. The molecule has 0 aliphatic carbocycles. The van der Waals surface area contributed by atoms with Crippen molar-refractivity contribution in [1.29, 1.82) is 0 Å². The highest BCUT2D eigenvalue weighted by Gasteiger charge is 2.20. The van der Waals surface area contributed by atoms with Gasteiger partial charge in [-0.3, -0.25) is 4.79 Å². The molecule has 0 saturated heterocycles. The number of carbonyl (C=O) groups excluding carboxylic acids is 1. The zero-order valence-electron chi connectivity index (χ0n) is 12.5. The van der Waals surface area contributed by atoms with Crippen LogP contribution in [0.25, 0.3) is 22.4 Å². The van der Waals surface area contributed by atoms with E-state index < -0.39 is 0 Å². The molecule has 2 aromatic heterocycles. The van der Waals surface area contributed by atoms with E-state index in [-0.39, 0.29) is 11.2 Å². The third kappa shape index (κ3) is 2.71. The van der Waals surface area contributed by atoms with Crippen LogP contribution in [0.2, 0.25) is 0 Å². The van der Waals surface area contributed by atoms with Gasteiger partial charge < -0.3 is 14.3 Å². The van der Waals surface area contributed by atoms with E-state index in [4.69, 9.17) is 4.42 Å². The lowest BCUT2D eigenvalue weighted by Crippen LogP contribution is -2.29. The summed E-state index contributed by atoms with van der Waals surface area (Å²) in [7, 11) is 3.45. The van der Waals surface area contributed by atoms with Gasteiger partial charge in [0.05, 0.1) is 10.8 Å². The summed E-state index contributed by atoms with van der Waals surface area (Å²) in [5.74, 6) is 0.460. The van der Waals surface area contributed by atoms with Gasteiger partial charge in [-0.05, 0) is 13.0 Å². The van der Waals surface area contributed by atoms with E-state index in [1.54, 1.807) is 19.0 Å². The monoisotopic (exact) mass is 316 g/mol. The van der Waals surface area contributed by atoms with Crippen molar-refractivity contribution >= 4 is 28.6 Å². The molecule has 0 saturated carbocycles. The van der Waals surface area contributed by atoms with E-state index in [0.29, 0.717) is 11.1 Å². The molecule has 1 aromatic carbocycles. The number of para-hydroxylation sites is 1. The molecule has 114 valence electrons. The van der Waals surface area contributed by atoms with E-state index >= 15 is 0 Å². The highest BCUT2D eigenvalue weighted by molar-refractivity contribution is 8.00. The molecule has 2 heterocycles. The van der Waals surface area contributed by atoms with Crippen molar-refractivity contribution in [1.82, 2.24) is 20.1 Å². The Hall–Kier alpha value is -2.28. The number of amides is 1. The molecule has 0 aliphatic heterocycles. The van der Waals surface area contributed by atoms with Crippen molar-refractivity contribution in [2.45, 2.75) is 17.4 Å². The minimum absolute atomic E-state index is 0.0110. The van der Waals surface area contributed by atoms with Gasteiger partial charge in [0.2, 0.25) is 5.91 Å². The van der Waals surface area contributed by atoms with Crippen LogP contribution in [0.5, 0.6) is 0 Å². The topological polar surface area (TPSA) is 75.0 Å². The fourth-order valence-corrected chi connectivity index (χ4v) is 3.01. The second-order valence-corrected chi connectivity index (χ2v) is 6.41. The number of carbonyl (C=O) groups is 1. The first kappa shape index (κ1) is 14.6. The largest absolute Gasteiger partial charge is 0.411 e. The number of hydrogen-bond acceptors (Lipinski definition) is 5. The lowest BCUT2D eigenvalue weighted by atomic mass is 10.2. The predicted octanol–water partition coefficient (Wildman–Crippen LogP) is 2.79. The maximum absolute atomic E-state index is 11.9. The number of hydrogen-bond donors (Lipinski definition) is 1. The van der Waals surface area contributed by atoms with Crippen LogP contribution in [0.1, 0.15) is 6.92 Å². The van der Waals surface area contributed by atoms with Crippen LogP contribution >= 0.6 is 11.8 Å². The molecular weight excluding hydrogens is 300 g/mol. The zero-order valence-corrected chi connectivity index (χ0v) is 13.3. The minimum Gasteiger partial charge on any atom is -0.411 e. The highest BCUT2D eigenvalue weighted by Crippen LogP contribution is 2.30. The lowest BCUT2D eigenvalue weighted by molar-refractivity contribution is -0.127. The summed E-state index contributed by atoms with van der Waals surface area (Å²) in [6.45, 7) is 1.82. The fourth-order valence-electron chi connectivity index (χ4n) is 2.18. The minimum atomic E-state index is -0.272. The number of fused-ring (bicyclic) bond motifs is 1. The summed E-state index contributed by atoms with van der Waals surface area (Å²) < 4.78 is 5.69. The normalized spacial score (nSPS) is 12.5. The Kier molecular flexibility index (Phi) is 3.89. The van der Waals surface area contributed by atoms with Gasteiger partial charge >= 0.3 is 0 Å². The van der Waals surface area contributed by atoms with Crippen molar-refractivity contribution in [3.8, 4) is 11.5 Å². The second kappa shape index (κ2) is 5.84. The molecule has 7 heteroatoms. The summed E-state index contributed by atoms with van der Waals surface area (Å²) >= 11 is 1.26. The van der Waals surface area contributed by atoms with Crippen LogP contribution in [0.4, 0.5) is 0 Å². The molecule has 0 unspecified atom stereocenters. The van der Waals surface area contributed by atoms with Crippen molar-refractivity contribution in [3.05, 3.63) is 30.5 Å². The van der Waals surface area contributed by atoms with E-state index in [0.717, 1.165) is 16.5 Å². The Morgan fingerprint density at radius 2 is 2.09 bits per heavy atom. The Morgan fingerprint density at radius 3 is 2.86 bits per heavy atom. The van der Waals surface area contributed by atoms with Crippen LogP contribution in [-0.4, -0.2) is 45.3 Å². The molecule has 0 fully saturated rings. The number of aromatic amines is 1. The maximum Gasteiger partial charge on any atom is 0.277 e. The summed E-state index contributed by atoms with van der Waals surface area (Å²) in [6, 6.07) is 7.91. The van der Waals surface area contributed by atoms with E-state index in [2.05, 4.69) is 15.2 Å². The molecule has 3 aromatic rings. The Morgan fingerprint density at radius 1 is 1.32 bits per heavy atom. The third-order valence-corrected chi connectivity index (χ3v) is 4.21. The van der Waals surface area contributed by atoms with Crippen LogP contribution < -0.4 is 0 Å². The number of nitrogens with one attached hydrogen (secondary N) is 1. The molecule has 3 rings (SSSR count). The van der Waals surface area contributed by atoms with Gasteiger partial charge in [-0.15, -0.1) is 10.2 Å². The Bertz CT molecular complexity index is 809. The smallest absolute Gasteiger partial charge is 0.277 e. The van der Waals surface area contributed by atoms with Gasteiger partial charge in [0.15, 0.2) is 0 Å². The quantitative estimate of drug-likeness (QED) is 0.749. The Labute approximate surface area is 131 Å². The molecular formula is C15H16N4O2S. The number of nitrogens with zero attached hydrogens (tertiary/aromatic N) is 3. The Balaban J connectivity index is 1.83. The number of aromatic nitrogens is 3. The van der Waals surface area contributed by atoms with Gasteiger partial charge in [0, 0.05) is 31.2 Å². The molecule has 1 atom stereocenters. The number of thioether (sulfide) groups is 1. The molecule has 1 amide bonds. The standard InChI is InChI=1S/C15H16N4O2S/c1-9(14(20)19(2)3)22-15-18-17-13(21-15)11-8-16-12-7-5-4-6-10(11)12/h4-9,16H,1-3H3/t9-/m0/s1. The van der Waals surface area contributed by atoms with E-state index in [9.17, 15) is 4.79 Å². The molecule has 0 spiro atoms. The lowest BCUT2D eigenvalue weighted by Gasteiger charge is -2.14. The fraction of sp³-hybridized carbons (Fsp3) is 0.267. The van der Waals surface area contributed by atoms with E-state index in [1.807, 2.05) is 37.4 Å². The van der Waals surface area contributed by atoms with E-state index in [1.165, 1.54) is 11.8 Å². The van der Waals surface area contributed by atoms with Gasteiger partial charge in [-0.2, -0.15) is 0 Å². The molecule has 6 nitrogen and oxygen atoms in total. The van der Waals surface area contributed by atoms with Crippen molar-refractivity contribution in [2.24, 2.45) is 0 Å². The van der Waals surface area contributed by atoms with Gasteiger partial charge in [-0.1, -0.05) is 30.0 Å². The number of rotatable bonds is 4. The summed E-state index contributed by atoms with van der Waals surface area (Å²) in [5.41, 5.74) is 1.88. The average molecular weight is 316 g/mol. The maximum atomic E-state index is 11.9. The SMILES string of the molecule is C[C@H](Sc1nnc(-c2c[nH]c3ccccc23)o1)C(=O)N(C)C. The molecule has 0 bridgehead atoms. The number of benzene rings is 1. The molecule has 1 N–H and O–H groups in total. The van der Waals surface area contributed by atoms with Crippen molar-refractivity contribution in [3.63, 3.8) is 0 Å². The molecule has 0 aliphatic rings. The van der Waals surface area contributed by atoms with Crippen LogP contribution in [0, 0.1) is 0 Å². The second-order valence-electron chi connectivity index (χ2n) is 5.11.